The van der Waals surface area contributed by atoms with Crippen LogP contribution in [0.5, 0.6) is 0 Å². The van der Waals surface area contributed by atoms with Gasteiger partial charge in [-0.3, -0.25) is 10.1 Å². The second-order valence-corrected chi connectivity index (χ2v) is 6.41. The number of carbonyl (C=O) groups excluding carboxylic acids is 1. The number of nitrogens with one attached hydrogen (secondary N) is 1. The molecule has 0 aromatic rings. The lowest BCUT2D eigenvalue weighted by Crippen LogP contribution is -2.56. The fraction of sp³-hybridized carbons (Fsp3) is 0.938. The predicted molar refractivity (Wildman–Crippen MR) is 78.6 cm³/mol. The van der Waals surface area contributed by atoms with E-state index in [0.29, 0.717) is 18.6 Å². The lowest BCUT2D eigenvalue weighted by Gasteiger charge is -2.34. The highest BCUT2D eigenvalue weighted by atomic mass is 16.5. The van der Waals surface area contributed by atoms with Gasteiger partial charge < -0.3 is 9.47 Å². The molecule has 0 radical (unpaired) electrons. The minimum absolute atomic E-state index is 0.0426. The van der Waals surface area contributed by atoms with E-state index in [1.807, 2.05) is 6.92 Å². The minimum Gasteiger partial charge on any atom is -0.465 e. The first kappa shape index (κ1) is 15.8. The van der Waals surface area contributed by atoms with E-state index in [2.05, 4.69) is 19.2 Å². The zero-order valence-corrected chi connectivity index (χ0v) is 13.1. The molecular weight excluding hydrogens is 254 g/mol. The van der Waals surface area contributed by atoms with E-state index in [1.54, 1.807) is 0 Å². The Hall–Kier alpha value is -0.610. The van der Waals surface area contributed by atoms with Gasteiger partial charge in [0.2, 0.25) is 0 Å². The van der Waals surface area contributed by atoms with Gasteiger partial charge in [-0.25, -0.2) is 0 Å². The van der Waals surface area contributed by atoms with Crippen LogP contribution in [0.3, 0.4) is 0 Å². The van der Waals surface area contributed by atoms with Gasteiger partial charge in [-0.2, -0.15) is 0 Å². The molecule has 2 aliphatic rings. The Morgan fingerprint density at radius 3 is 2.70 bits per heavy atom. The van der Waals surface area contributed by atoms with Crippen molar-refractivity contribution in [2.75, 3.05) is 13.2 Å². The van der Waals surface area contributed by atoms with E-state index >= 15 is 0 Å². The summed E-state index contributed by atoms with van der Waals surface area (Å²) in [6.45, 7) is 7.18. The van der Waals surface area contributed by atoms with E-state index in [4.69, 9.17) is 9.47 Å². The number of esters is 1. The molecule has 20 heavy (non-hydrogen) atoms. The second kappa shape index (κ2) is 6.90. The molecule has 2 fully saturated rings. The van der Waals surface area contributed by atoms with E-state index < -0.39 is 5.54 Å². The van der Waals surface area contributed by atoms with E-state index in [0.717, 1.165) is 32.3 Å². The summed E-state index contributed by atoms with van der Waals surface area (Å²) in [5.41, 5.74) is -0.447. The first-order valence-electron chi connectivity index (χ1n) is 8.15. The SMILES string of the molecule is CCOC(=O)C1(NC2CC2)CCCC1CCOC(C)C. The number of ether oxygens (including phenoxy) is 2. The zero-order chi connectivity index (χ0) is 14.6. The standard InChI is InChI=1S/C16H29NO3/c1-4-19-15(18)16(17-14-7-8-14)10-5-6-13(16)9-11-20-12(2)3/h12-14,17H,4-11H2,1-3H3. The maximum atomic E-state index is 12.5. The van der Waals surface area contributed by atoms with Crippen molar-refractivity contribution < 1.29 is 14.3 Å². The smallest absolute Gasteiger partial charge is 0.326 e. The monoisotopic (exact) mass is 283 g/mol. The molecule has 2 aliphatic carbocycles. The lowest BCUT2D eigenvalue weighted by atomic mass is 9.84. The minimum atomic E-state index is -0.447. The molecule has 1 N–H and O–H groups in total. The molecule has 0 aromatic carbocycles. The third-order valence-electron chi connectivity index (χ3n) is 4.42. The maximum Gasteiger partial charge on any atom is 0.326 e. The number of carbonyl (C=O) groups is 1. The van der Waals surface area contributed by atoms with Crippen molar-refractivity contribution in [2.45, 2.75) is 77.0 Å². The van der Waals surface area contributed by atoms with Crippen LogP contribution in [-0.4, -0.2) is 36.9 Å². The van der Waals surface area contributed by atoms with Crippen LogP contribution in [0.4, 0.5) is 0 Å². The molecule has 2 rings (SSSR count). The lowest BCUT2D eigenvalue weighted by molar-refractivity contribution is -0.153. The average Bonchev–Trinajstić information content (AvgIpc) is 3.10. The number of hydrogen-bond donors (Lipinski definition) is 1. The molecule has 0 aliphatic heterocycles. The largest absolute Gasteiger partial charge is 0.465 e. The Bertz CT molecular complexity index is 328. The molecule has 2 atom stereocenters. The first-order chi connectivity index (χ1) is 9.58. The Morgan fingerprint density at radius 1 is 1.35 bits per heavy atom. The van der Waals surface area contributed by atoms with Crippen molar-refractivity contribution in [1.29, 1.82) is 0 Å². The molecule has 0 amide bonds. The van der Waals surface area contributed by atoms with Gasteiger partial charge in [0.05, 0.1) is 12.7 Å². The van der Waals surface area contributed by atoms with E-state index in [9.17, 15) is 4.79 Å². The average molecular weight is 283 g/mol. The molecule has 116 valence electrons. The summed E-state index contributed by atoms with van der Waals surface area (Å²) in [5.74, 6) is 0.305. The van der Waals surface area contributed by atoms with Gasteiger partial charge in [-0.15, -0.1) is 0 Å². The summed E-state index contributed by atoms with van der Waals surface area (Å²) in [6, 6.07) is 0.519. The van der Waals surface area contributed by atoms with Gasteiger partial charge >= 0.3 is 5.97 Å². The quantitative estimate of drug-likeness (QED) is 0.696. The Morgan fingerprint density at radius 2 is 2.10 bits per heavy atom. The van der Waals surface area contributed by atoms with Crippen molar-refractivity contribution in [1.82, 2.24) is 5.32 Å². The second-order valence-electron chi connectivity index (χ2n) is 6.41. The highest BCUT2D eigenvalue weighted by Gasteiger charge is 2.51. The summed E-state index contributed by atoms with van der Waals surface area (Å²) >= 11 is 0. The van der Waals surface area contributed by atoms with Crippen molar-refractivity contribution in [3.63, 3.8) is 0 Å². The molecule has 0 bridgehead atoms. The van der Waals surface area contributed by atoms with Crippen LogP contribution in [0, 0.1) is 5.92 Å². The van der Waals surface area contributed by atoms with Gasteiger partial charge in [0.1, 0.15) is 5.54 Å². The van der Waals surface area contributed by atoms with Crippen LogP contribution in [0.25, 0.3) is 0 Å². The third-order valence-corrected chi connectivity index (χ3v) is 4.42. The molecule has 0 spiro atoms. The molecular formula is C16H29NO3. The van der Waals surface area contributed by atoms with Gasteiger partial charge in [0.15, 0.2) is 0 Å². The predicted octanol–water partition coefficient (Wildman–Crippen LogP) is 2.66. The van der Waals surface area contributed by atoms with Gasteiger partial charge in [-0.1, -0.05) is 6.42 Å². The van der Waals surface area contributed by atoms with E-state index in [-0.39, 0.29) is 12.1 Å². The molecule has 4 nitrogen and oxygen atoms in total. The molecule has 4 heteroatoms. The third kappa shape index (κ3) is 3.73. The summed E-state index contributed by atoms with van der Waals surface area (Å²) in [5, 5.41) is 3.61. The van der Waals surface area contributed by atoms with Crippen LogP contribution in [0.1, 0.15) is 59.3 Å². The van der Waals surface area contributed by atoms with Crippen molar-refractivity contribution in [3.05, 3.63) is 0 Å². The van der Waals surface area contributed by atoms with Crippen LogP contribution in [-0.2, 0) is 14.3 Å². The molecule has 0 heterocycles. The molecule has 0 aromatic heterocycles. The highest BCUT2D eigenvalue weighted by Crippen LogP contribution is 2.41. The summed E-state index contributed by atoms with van der Waals surface area (Å²) in [4.78, 5) is 12.5. The molecule has 2 saturated carbocycles. The van der Waals surface area contributed by atoms with Gasteiger partial charge in [0, 0.05) is 12.6 Å². The van der Waals surface area contributed by atoms with E-state index in [1.165, 1.54) is 12.8 Å². The topological polar surface area (TPSA) is 47.6 Å². The van der Waals surface area contributed by atoms with Gasteiger partial charge in [-0.05, 0) is 58.8 Å². The van der Waals surface area contributed by atoms with Crippen LogP contribution in [0.15, 0.2) is 0 Å². The Balaban J connectivity index is 2.00. The maximum absolute atomic E-state index is 12.5. The Kier molecular flexibility index (Phi) is 5.44. The summed E-state index contributed by atoms with van der Waals surface area (Å²) in [7, 11) is 0. The number of rotatable bonds is 8. The van der Waals surface area contributed by atoms with Crippen LogP contribution < -0.4 is 5.32 Å². The fourth-order valence-corrected chi connectivity index (χ4v) is 3.28. The Labute approximate surface area is 122 Å². The summed E-state index contributed by atoms with van der Waals surface area (Å²) in [6.07, 6.45) is 6.69. The first-order valence-corrected chi connectivity index (χ1v) is 8.15. The number of hydrogen-bond acceptors (Lipinski definition) is 4. The highest BCUT2D eigenvalue weighted by molar-refractivity contribution is 5.82. The van der Waals surface area contributed by atoms with Gasteiger partial charge in [0.25, 0.3) is 0 Å². The van der Waals surface area contributed by atoms with Crippen LogP contribution >= 0.6 is 0 Å². The van der Waals surface area contributed by atoms with Crippen molar-refractivity contribution in [2.24, 2.45) is 5.92 Å². The van der Waals surface area contributed by atoms with Crippen molar-refractivity contribution in [3.8, 4) is 0 Å². The zero-order valence-electron chi connectivity index (χ0n) is 13.1. The normalized spacial score (nSPS) is 29.9. The molecule has 0 saturated heterocycles. The van der Waals surface area contributed by atoms with Crippen LogP contribution in [0.2, 0.25) is 0 Å². The molecule has 2 unspecified atom stereocenters. The van der Waals surface area contributed by atoms with Crippen molar-refractivity contribution >= 4 is 5.97 Å². The summed E-state index contributed by atoms with van der Waals surface area (Å²) < 4.78 is 11.1. The fourth-order valence-electron chi connectivity index (χ4n) is 3.28.